The Morgan fingerprint density at radius 2 is 1.89 bits per heavy atom. The normalized spacial score (nSPS) is 10.3. The van der Waals surface area contributed by atoms with Crippen LogP contribution in [0, 0.1) is 5.82 Å². The Morgan fingerprint density at radius 1 is 1.28 bits per heavy atom. The zero-order valence-corrected chi connectivity index (χ0v) is 8.85. The second-order valence-corrected chi connectivity index (χ2v) is 3.43. The number of hydrogen-bond acceptors (Lipinski definition) is 4. The lowest BCUT2D eigenvalue weighted by Gasteiger charge is -2.03. The van der Waals surface area contributed by atoms with Crippen LogP contribution >= 0.6 is 0 Å². The number of hydrogen-bond donors (Lipinski definition) is 3. The van der Waals surface area contributed by atoms with Crippen LogP contribution in [-0.2, 0) is 0 Å². The molecule has 0 saturated carbocycles. The van der Waals surface area contributed by atoms with E-state index in [1.807, 2.05) is 0 Å². The Labute approximate surface area is 99.4 Å². The van der Waals surface area contributed by atoms with Gasteiger partial charge in [-0.05, 0) is 24.3 Å². The van der Waals surface area contributed by atoms with E-state index in [2.05, 4.69) is 9.97 Å². The number of carboxylic acids is 1. The van der Waals surface area contributed by atoms with Gasteiger partial charge >= 0.3 is 5.97 Å². The van der Waals surface area contributed by atoms with Gasteiger partial charge in [-0.1, -0.05) is 0 Å². The molecule has 0 spiro atoms. The molecule has 92 valence electrons. The summed E-state index contributed by atoms with van der Waals surface area (Å²) in [4.78, 5) is 27.9. The van der Waals surface area contributed by atoms with Crippen LogP contribution in [0.5, 0.6) is 5.88 Å². The minimum Gasteiger partial charge on any atom is -0.492 e. The van der Waals surface area contributed by atoms with Gasteiger partial charge in [-0.2, -0.15) is 4.98 Å². The lowest BCUT2D eigenvalue weighted by atomic mass is 10.2. The van der Waals surface area contributed by atoms with Crippen molar-refractivity contribution in [1.29, 1.82) is 0 Å². The molecular weight excluding hydrogens is 243 g/mol. The van der Waals surface area contributed by atoms with Crippen LogP contribution in [0.15, 0.2) is 29.1 Å². The van der Waals surface area contributed by atoms with Crippen molar-refractivity contribution in [3.8, 4) is 17.3 Å². The molecule has 0 atom stereocenters. The third-order valence-corrected chi connectivity index (χ3v) is 2.23. The van der Waals surface area contributed by atoms with Gasteiger partial charge in [0.2, 0.25) is 5.88 Å². The molecule has 0 aliphatic rings. The van der Waals surface area contributed by atoms with Crippen LogP contribution < -0.4 is 5.56 Å². The van der Waals surface area contributed by atoms with E-state index >= 15 is 0 Å². The van der Waals surface area contributed by atoms with E-state index in [0.29, 0.717) is 5.56 Å². The quantitative estimate of drug-likeness (QED) is 0.737. The zero-order valence-electron chi connectivity index (χ0n) is 8.85. The van der Waals surface area contributed by atoms with Gasteiger partial charge in [0, 0.05) is 5.56 Å². The number of rotatable bonds is 2. The molecule has 1 aromatic carbocycles. The first kappa shape index (κ1) is 11.8. The van der Waals surface area contributed by atoms with Gasteiger partial charge in [0.05, 0.1) is 0 Å². The summed E-state index contributed by atoms with van der Waals surface area (Å²) in [6, 6.07) is 4.98. The molecule has 0 saturated heterocycles. The van der Waals surface area contributed by atoms with Crippen molar-refractivity contribution in [3.05, 3.63) is 46.0 Å². The lowest BCUT2D eigenvalue weighted by molar-refractivity contribution is 0.0691. The van der Waals surface area contributed by atoms with Crippen molar-refractivity contribution >= 4 is 5.97 Å². The molecule has 7 heteroatoms. The number of nitrogens with one attached hydrogen (secondary N) is 1. The first-order valence-corrected chi connectivity index (χ1v) is 4.81. The number of halogens is 1. The molecule has 1 aromatic heterocycles. The summed E-state index contributed by atoms with van der Waals surface area (Å²) in [6.45, 7) is 0. The molecule has 3 N–H and O–H groups in total. The summed E-state index contributed by atoms with van der Waals surface area (Å²) >= 11 is 0. The zero-order chi connectivity index (χ0) is 13.3. The van der Waals surface area contributed by atoms with Crippen LogP contribution in [0.1, 0.15) is 10.4 Å². The topological polar surface area (TPSA) is 103 Å². The highest BCUT2D eigenvalue weighted by Gasteiger charge is 2.18. The van der Waals surface area contributed by atoms with Crippen molar-refractivity contribution in [2.24, 2.45) is 0 Å². The average molecular weight is 250 g/mol. The van der Waals surface area contributed by atoms with Gasteiger partial charge in [-0.25, -0.2) is 9.18 Å². The third kappa shape index (κ3) is 2.05. The predicted octanol–water partition coefficient (Wildman–Crippen LogP) is 0.980. The molecule has 2 aromatic rings. The molecular formula is C11H7FN2O4. The van der Waals surface area contributed by atoms with Gasteiger partial charge in [0.15, 0.2) is 5.56 Å². The smallest absolute Gasteiger partial charge is 0.346 e. The molecule has 0 amide bonds. The summed E-state index contributed by atoms with van der Waals surface area (Å²) < 4.78 is 12.7. The van der Waals surface area contributed by atoms with E-state index in [1.54, 1.807) is 0 Å². The van der Waals surface area contributed by atoms with E-state index in [-0.39, 0.29) is 5.82 Å². The summed E-state index contributed by atoms with van der Waals surface area (Å²) in [5.41, 5.74) is -1.46. The molecule has 0 radical (unpaired) electrons. The van der Waals surface area contributed by atoms with E-state index in [0.717, 1.165) is 12.1 Å². The minimum absolute atomic E-state index is 0.0394. The molecule has 18 heavy (non-hydrogen) atoms. The van der Waals surface area contributed by atoms with Crippen molar-refractivity contribution in [2.75, 3.05) is 0 Å². The predicted molar refractivity (Wildman–Crippen MR) is 58.9 cm³/mol. The summed E-state index contributed by atoms with van der Waals surface area (Å²) in [6.07, 6.45) is 0. The first-order chi connectivity index (χ1) is 8.49. The summed E-state index contributed by atoms with van der Waals surface area (Å²) in [5.74, 6) is -2.97. The third-order valence-electron chi connectivity index (χ3n) is 2.23. The Morgan fingerprint density at radius 3 is 2.39 bits per heavy atom. The van der Waals surface area contributed by atoms with Crippen LogP contribution in [0.25, 0.3) is 11.4 Å². The van der Waals surface area contributed by atoms with Crippen LogP contribution in [0.4, 0.5) is 4.39 Å². The number of carboxylic acid groups (broad SMARTS) is 1. The minimum atomic E-state index is -1.58. The fourth-order valence-corrected chi connectivity index (χ4v) is 1.40. The first-order valence-electron chi connectivity index (χ1n) is 4.81. The summed E-state index contributed by atoms with van der Waals surface area (Å²) in [7, 11) is 0. The van der Waals surface area contributed by atoms with Gasteiger partial charge in [0.25, 0.3) is 5.56 Å². The van der Waals surface area contributed by atoms with E-state index < -0.39 is 28.8 Å². The van der Waals surface area contributed by atoms with Crippen molar-refractivity contribution < 1.29 is 19.4 Å². The molecule has 0 bridgehead atoms. The molecule has 1 heterocycles. The second kappa shape index (κ2) is 4.28. The number of aromatic carboxylic acids is 1. The van der Waals surface area contributed by atoms with Crippen molar-refractivity contribution in [1.82, 2.24) is 9.97 Å². The Kier molecular flexibility index (Phi) is 2.80. The summed E-state index contributed by atoms with van der Waals surface area (Å²) in [5, 5.41) is 18.0. The van der Waals surface area contributed by atoms with Gasteiger partial charge in [0.1, 0.15) is 11.6 Å². The molecule has 0 fully saturated rings. The van der Waals surface area contributed by atoms with E-state index in [9.17, 15) is 19.1 Å². The second-order valence-electron chi connectivity index (χ2n) is 3.43. The fourth-order valence-electron chi connectivity index (χ4n) is 1.40. The number of carbonyl (C=O) groups is 1. The lowest BCUT2D eigenvalue weighted by Crippen LogP contribution is -2.19. The Balaban J connectivity index is 2.58. The van der Waals surface area contributed by atoms with Crippen molar-refractivity contribution in [2.45, 2.75) is 0 Å². The Hall–Kier alpha value is -2.70. The number of aromatic hydroxyl groups is 1. The van der Waals surface area contributed by atoms with Crippen LogP contribution in [-0.4, -0.2) is 26.2 Å². The van der Waals surface area contributed by atoms with Crippen LogP contribution in [0.2, 0.25) is 0 Å². The maximum Gasteiger partial charge on any atom is 0.346 e. The SMILES string of the molecule is O=C(O)c1c(O)nc(-c2ccc(F)cc2)[nH]c1=O. The Bertz CT molecular complexity index is 664. The number of aromatic amines is 1. The van der Waals surface area contributed by atoms with Crippen LogP contribution in [0.3, 0.4) is 0 Å². The highest BCUT2D eigenvalue weighted by Crippen LogP contribution is 2.17. The van der Waals surface area contributed by atoms with Gasteiger partial charge < -0.3 is 15.2 Å². The average Bonchev–Trinajstić information content (AvgIpc) is 2.28. The standard InChI is InChI=1S/C11H7FN2O4/c12-6-3-1-5(2-4-6)8-13-9(15)7(11(17)18)10(16)14-8/h1-4H,(H,17,18)(H2,13,14,15,16). The maximum absolute atomic E-state index is 12.7. The molecule has 0 aliphatic carbocycles. The molecule has 6 nitrogen and oxygen atoms in total. The monoisotopic (exact) mass is 250 g/mol. The van der Waals surface area contributed by atoms with E-state index in [1.165, 1.54) is 12.1 Å². The number of benzene rings is 1. The number of H-pyrrole nitrogens is 1. The highest BCUT2D eigenvalue weighted by atomic mass is 19.1. The van der Waals surface area contributed by atoms with Gasteiger partial charge in [-0.3, -0.25) is 4.79 Å². The molecule has 0 unspecified atom stereocenters. The fraction of sp³-hybridized carbons (Fsp3) is 0. The largest absolute Gasteiger partial charge is 0.492 e. The van der Waals surface area contributed by atoms with Crippen molar-refractivity contribution in [3.63, 3.8) is 0 Å². The van der Waals surface area contributed by atoms with E-state index in [4.69, 9.17) is 5.11 Å². The molecule has 2 rings (SSSR count). The highest BCUT2D eigenvalue weighted by molar-refractivity contribution is 5.89. The number of nitrogens with zero attached hydrogens (tertiary/aromatic N) is 1. The van der Waals surface area contributed by atoms with Gasteiger partial charge in [-0.15, -0.1) is 0 Å². The number of aromatic nitrogens is 2. The maximum atomic E-state index is 12.7. The molecule has 0 aliphatic heterocycles.